The van der Waals surface area contributed by atoms with E-state index in [0.29, 0.717) is 0 Å². The second-order valence-electron chi connectivity index (χ2n) is 3.96. The first-order valence-corrected chi connectivity index (χ1v) is 6.04. The Balaban J connectivity index is 2.57. The molecule has 0 spiro atoms. The van der Waals surface area contributed by atoms with Crippen LogP contribution in [0.15, 0.2) is 18.3 Å². The Hall–Kier alpha value is -1.09. The van der Waals surface area contributed by atoms with E-state index in [1.807, 2.05) is 13.1 Å². The lowest BCUT2D eigenvalue weighted by molar-refractivity contribution is 0.289. The fraction of sp³-hybridized carbons (Fsp3) is 0.615. The number of nitrogens with zero attached hydrogens (tertiary/aromatic N) is 1. The van der Waals surface area contributed by atoms with Crippen LogP contribution in [0, 0.1) is 0 Å². The number of pyridine rings is 1. The van der Waals surface area contributed by atoms with E-state index in [1.165, 1.54) is 12.8 Å². The van der Waals surface area contributed by atoms with Crippen molar-refractivity contribution in [1.29, 1.82) is 0 Å². The van der Waals surface area contributed by atoms with Gasteiger partial charge in [0.2, 0.25) is 5.88 Å². The summed E-state index contributed by atoms with van der Waals surface area (Å²) in [5.74, 6) is 0.764. The zero-order valence-electron chi connectivity index (χ0n) is 10.5. The molecular weight excluding hydrogens is 200 g/mol. The van der Waals surface area contributed by atoms with Crippen LogP contribution in [0.25, 0.3) is 0 Å². The van der Waals surface area contributed by atoms with E-state index in [4.69, 9.17) is 4.74 Å². The first-order valence-electron chi connectivity index (χ1n) is 6.04. The SMILES string of the molecule is CCCCCOc1ncccc1C(C)NC. The van der Waals surface area contributed by atoms with Gasteiger partial charge in [-0.25, -0.2) is 4.98 Å². The predicted octanol–water partition coefficient (Wildman–Crippen LogP) is 2.93. The average Bonchev–Trinajstić information content (AvgIpc) is 2.34. The lowest BCUT2D eigenvalue weighted by Gasteiger charge is -2.14. The van der Waals surface area contributed by atoms with Crippen molar-refractivity contribution >= 4 is 0 Å². The average molecular weight is 222 g/mol. The summed E-state index contributed by atoms with van der Waals surface area (Å²) < 4.78 is 5.71. The molecule has 0 amide bonds. The van der Waals surface area contributed by atoms with Gasteiger partial charge >= 0.3 is 0 Å². The van der Waals surface area contributed by atoms with Crippen LogP contribution in [-0.4, -0.2) is 18.6 Å². The van der Waals surface area contributed by atoms with E-state index in [2.05, 4.69) is 30.2 Å². The van der Waals surface area contributed by atoms with Gasteiger partial charge < -0.3 is 10.1 Å². The number of ether oxygens (including phenoxy) is 1. The zero-order chi connectivity index (χ0) is 11.8. The standard InChI is InChI=1S/C13H22N2O/c1-4-5-6-10-16-13-12(11(2)14-3)8-7-9-15-13/h7-9,11,14H,4-6,10H2,1-3H3. The van der Waals surface area contributed by atoms with Crippen molar-refractivity contribution in [3.05, 3.63) is 23.9 Å². The molecule has 0 saturated heterocycles. The summed E-state index contributed by atoms with van der Waals surface area (Å²) in [6, 6.07) is 4.28. The topological polar surface area (TPSA) is 34.1 Å². The number of rotatable bonds is 7. The van der Waals surface area contributed by atoms with Gasteiger partial charge in [-0.2, -0.15) is 0 Å². The van der Waals surface area contributed by atoms with E-state index in [1.54, 1.807) is 6.20 Å². The van der Waals surface area contributed by atoms with Gasteiger partial charge in [-0.05, 0) is 26.5 Å². The first kappa shape index (κ1) is 13.0. The highest BCUT2D eigenvalue weighted by atomic mass is 16.5. The van der Waals surface area contributed by atoms with Crippen molar-refractivity contribution in [2.45, 2.75) is 39.2 Å². The zero-order valence-corrected chi connectivity index (χ0v) is 10.5. The van der Waals surface area contributed by atoms with Gasteiger partial charge in [0.25, 0.3) is 0 Å². The molecule has 0 radical (unpaired) electrons. The molecule has 1 aromatic heterocycles. The maximum atomic E-state index is 5.71. The van der Waals surface area contributed by atoms with E-state index in [9.17, 15) is 0 Å². The molecular formula is C13H22N2O. The molecule has 90 valence electrons. The van der Waals surface area contributed by atoms with Crippen molar-refractivity contribution in [3.8, 4) is 5.88 Å². The van der Waals surface area contributed by atoms with E-state index >= 15 is 0 Å². The quantitative estimate of drug-likeness (QED) is 0.720. The van der Waals surface area contributed by atoms with Crippen LogP contribution in [0.4, 0.5) is 0 Å². The molecule has 3 nitrogen and oxygen atoms in total. The van der Waals surface area contributed by atoms with Crippen LogP contribution in [0.1, 0.15) is 44.7 Å². The van der Waals surface area contributed by atoms with Crippen LogP contribution in [-0.2, 0) is 0 Å². The third-order valence-electron chi connectivity index (χ3n) is 2.69. The Morgan fingerprint density at radius 3 is 2.94 bits per heavy atom. The Morgan fingerprint density at radius 1 is 1.44 bits per heavy atom. The largest absolute Gasteiger partial charge is 0.477 e. The predicted molar refractivity (Wildman–Crippen MR) is 66.7 cm³/mol. The Bertz CT molecular complexity index is 302. The summed E-state index contributed by atoms with van der Waals surface area (Å²) in [4.78, 5) is 4.28. The molecule has 1 unspecified atom stereocenters. The maximum Gasteiger partial charge on any atom is 0.218 e. The molecule has 0 bridgehead atoms. The summed E-state index contributed by atoms with van der Waals surface area (Å²) in [5.41, 5.74) is 1.13. The molecule has 1 heterocycles. The number of unbranched alkanes of at least 4 members (excludes halogenated alkanes) is 2. The highest BCUT2D eigenvalue weighted by molar-refractivity contribution is 5.28. The molecule has 16 heavy (non-hydrogen) atoms. The molecule has 3 heteroatoms. The third-order valence-corrected chi connectivity index (χ3v) is 2.69. The van der Waals surface area contributed by atoms with Crippen molar-refractivity contribution in [3.63, 3.8) is 0 Å². The molecule has 0 saturated carbocycles. The van der Waals surface area contributed by atoms with Crippen LogP contribution >= 0.6 is 0 Å². The fourth-order valence-corrected chi connectivity index (χ4v) is 1.53. The summed E-state index contributed by atoms with van der Waals surface area (Å²) in [6.07, 6.45) is 5.30. The summed E-state index contributed by atoms with van der Waals surface area (Å²) in [7, 11) is 1.94. The molecule has 1 N–H and O–H groups in total. The first-order chi connectivity index (χ1) is 7.79. The van der Waals surface area contributed by atoms with Gasteiger partial charge in [0.15, 0.2) is 0 Å². The van der Waals surface area contributed by atoms with Crippen LogP contribution in [0.3, 0.4) is 0 Å². The second-order valence-corrected chi connectivity index (χ2v) is 3.96. The number of nitrogens with one attached hydrogen (secondary N) is 1. The summed E-state index contributed by atoms with van der Waals surface area (Å²) in [5, 5.41) is 3.20. The van der Waals surface area contributed by atoms with Crippen molar-refractivity contribution < 1.29 is 4.74 Å². The highest BCUT2D eigenvalue weighted by Crippen LogP contribution is 2.21. The van der Waals surface area contributed by atoms with E-state index in [-0.39, 0.29) is 6.04 Å². The molecule has 0 aliphatic carbocycles. The minimum atomic E-state index is 0.273. The molecule has 1 aromatic rings. The molecule has 0 aromatic carbocycles. The normalized spacial score (nSPS) is 12.4. The Labute approximate surface area is 98.2 Å². The van der Waals surface area contributed by atoms with E-state index < -0.39 is 0 Å². The van der Waals surface area contributed by atoms with Crippen LogP contribution in [0.5, 0.6) is 5.88 Å². The van der Waals surface area contributed by atoms with Crippen molar-refractivity contribution in [2.75, 3.05) is 13.7 Å². The lowest BCUT2D eigenvalue weighted by Crippen LogP contribution is -2.14. The maximum absolute atomic E-state index is 5.71. The minimum Gasteiger partial charge on any atom is -0.477 e. The number of hydrogen-bond donors (Lipinski definition) is 1. The Morgan fingerprint density at radius 2 is 2.25 bits per heavy atom. The van der Waals surface area contributed by atoms with Crippen molar-refractivity contribution in [1.82, 2.24) is 10.3 Å². The monoisotopic (exact) mass is 222 g/mol. The fourth-order valence-electron chi connectivity index (χ4n) is 1.53. The molecule has 1 atom stereocenters. The van der Waals surface area contributed by atoms with Gasteiger partial charge in [-0.15, -0.1) is 0 Å². The molecule has 1 rings (SSSR count). The van der Waals surface area contributed by atoms with Crippen LogP contribution in [0.2, 0.25) is 0 Å². The second kappa shape index (κ2) is 7.23. The minimum absolute atomic E-state index is 0.273. The molecule has 0 fully saturated rings. The summed E-state index contributed by atoms with van der Waals surface area (Å²) >= 11 is 0. The van der Waals surface area contributed by atoms with Gasteiger partial charge in [-0.3, -0.25) is 0 Å². The smallest absolute Gasteiger partial charge is 0.218 e. The van der Waals surface area contributed by atoms with Gasteiger partial charge in [0, 0.05) is 17.8 Å². The molecule has 0 aliphatic heterocycles. The van der Waals surface area contributed by atoms with Gasteiger partial charge in [0.1, 0.15) is 0 Å². The van der Waals surface area contributed by atoms with Crippen LogP contribution < -0.4 is 10.1 Å². The Kier molecular flexibility index (Phi) is 5.86. The summed E-state index contributed by atoms with van der Waals surface area (Å²) in [6.45, 7) is 5.06. The van der Waals surface area contributed by atoms with Gasteiger partial charge in [-0.1, -0.05) is 25.8 Å². The molecule has 0 aliphatic rings. The number of hydrogen-bond acceptors (Lipinski definition) is 3. The van der Waals surface area contributed by atoms with Gasteiger partial charge in [0.05, 0.1) is 6.61 Å². The highest BCUT2D eigenvalue weighted by Gasteiger charge is 2.10. The lowest BCUT2D eigenvalue weighted by atomic mass is 10.1. The number of aromatic nitrogens is 1. The third kappa shape index (κ3) is 3.81. The van der Waals surface area contributed by atoms with Crippen molar-refractivity contribution in [2.24, 2.45) is 0 Å². The van der Waals surface area contributed by atoms with E-state index in [0.717, 1.165) is 24.5 Å².